The molecule has 3 rings (SSSR count). The fraction of sp³-hybridized carbons (Fsp3) is 0.438. The average molecular weight is 363 g/mol. The minimum absolute atomic E-state index is 0.0234. The highest BCUT2D eigenvalue weighted by Gasteiger charge is 2.32. The molecule has 1 unspecified atom stereocenters. The molecule has 1 aliphatic rings. The van der Waals surface area contributed by atoms with Gasteiger partial charge in [-0.15, -0.1) is 5.10 Å². The van der Waals surface area contributed by atoms with Crippen LogP contribution < -0.4 is 4.90 Å². The smallest absolute Gasteiger partial charge is 0.246 e. The zero-order valence-corrected chi connectivity index (χ0v) is 14.6. The lowest BCUT2D eigenvalue weighted by atomic mass is 10.1. The number of carbonyl (C=O) groups excluding carboxylic acids is 2. The number of piperazine rings is 1. The lowest BCUT2D eigenvalue weighted by Gasteiger charge is -2.39. The maximum absolute atomic E-state index is 12.5. The van der Waals surface area contributed by atoms with Crippen molar-refractivity contribution >= 4 is 29.1 Å². The Hall–Kier alpha value is -2.48. The summed E-state index contributed by atoms with van der Waals surface area (Å²) in [6, 6.07) is 7.10. The van der Waals surface area contributed by atoms with Crippen LogP contribution in [0.15, 0.2) is 30.6 Å². The van der Waals surface area contributed by atoms with E-state index in [0.29, 0.717) is 31.0 Å². The number of aromatic nitrogens is 4. The van der Waals surface area contributed by atoms with Crippen LogP contribution in [0, 0.1) is 0 Å². The molecule has 0 spiro atoms. The van der Waals surface area contributed by atoms with Crippen molar-refractivity contribution in [3.63, 3.8) is 0 Å². The normalized spacial score (nSPS) is 17.8. The first-order valence-electron chi connectivity index (χ1n) is 8.11. The number of nitrogens with zero attached hydrogens (tertiary/aromatic N) is 6. The summed E-state index contributed by atoms with van der Waals surface area (Å²) in [5, 5.41) is 11.5. The molecule has 2 heterocycles. The monoisotopic (exact) mass is 362 g/mol. The van der Waals surface area contributed by atoms with Crippen molar-refractivity contribution in [1.29, 1.82) is 0 Å². The van der Waals surface area contributed by atoms with Crippen molar-refractivity contribution in [3.8, 4) is 0 Å². The fourth-order valence-electron chi connectivity index (χ4n) is 2.87. The first-order valence-corrected chi connectivity index (χ1v) is 8.48. The lowest BCUT2D eigenvalue weighted by molar-refractivity contribution is -0.139. The fourth-order valence-corrected chi connectivity index (χ4v) is 3.00. The van der Waals surface area contributed by atoms with Crippen LogP contribution in [0.2, 0.25) is 5.02 Å². The molecular weight excluding hydrogens is 344 g/mol. The van der Waals surface area contributed by atoms with Crippen molar-refractivity contribution in [2.24, 2.45) is 0 Å². The molecule has 2 aromatic rings. The summed E-state index contributed by atoms with van der Waals surface area (Å²) < 4.78 is 1.58. The summed E-state index contributed by atoms with van der Waals surface area (Å²) in [7, 11) is 0. The summed E-state index contributed by atoms with van der Waals surface area (Å²) in [6.07, 6.45) is 2.50. The number of carbonyl (C=O) groups is 2. The number of aryl methyl sites for hydroxylation is 1. The molecule has 2 amide bonds. The Bertz CT molecular complexity index is 734. The number of benzene rings is 1. The Kier molecular flexibility index (Phi) is 5.28. The first-order chi connectivity index (χ1) is 12.0. The van der Waals surface area contributed by atoms with Gasteiger partial charge in [-0.2, -0.15) is 0 Å². The predicted molar refractivity (Wildman–Crippen MR) is 92.0 cm³/mol. The molecule has 1 aliphatic heterocycles. The highest BCUT2D eigenvalue weighted by molar-refractivity contribution is 6.30. The second-order valence-corrected chi connectivity index (χ2v) is 6.46. The van der Waals surface area contributed by atoms with Crippen molar-refractivity contribution in [2.45, 2.75) is 32.4 Å². The molecule has 0 radical (unpaired) electrons. The van der Waals surface area contributed by atoms with Gasteiger partial charge in [0.2, 0.25) is 11.8 Å². The minimum atomic E-state index is -0.0887. The van der Waals surface area contributed by atoms with Gasteiger partial charge in [0.05, 0.1) is 0 Å². The van der Waals surface area contributed by atoms with Gasteiger partial charge in [-0.05, 0) is 48.0 Å². The van der Waals surface area contributed by atoms with Crippen LogP contribution in [0.5, 0.6) is 0 Å². The molecule has 1 saturated heterocycles. The Balaban J connectivity index is 1.56. The van der Waals surface area contributed by atoms with E-state index < -0.39 is 0 Å². The number of halogens is 1. The molecule has 8 nitrogen and oxygen atoms in total. The molecule has 25 heavy (non-hydrogen) atoms. The van der Waals surface area contributed by atoms with Gasteiger partial charge in [-0.25, -0.2) is 4.68 Å². The summed E-state index contributed by atoms with van der Waals surface area (Å²) in [6.45, 7) is 3.09. The molecule has 1 fully saturated rings. The van der Waals surface area contributed by atoms with Crippen LogP contribution in [0.25, 0.3) is 0 Å². The quantitative estimate of drug-likeness (QED) is 0.802. The van der Waals surface area contributed by atoms with Crippen molar-refractivity contribution in [1.82, 2.24) is 25.1 Å². The van der Waals surface area contributed by atoms with E-state index >= 15 is 0 Å². The number of rotatable bonds is 5. The molecule has 0 aliphatic carbocycles. The minimum Gasteiger partial charge on any atom is -0.329 e. The van der Waals surface area contributed by atoms with E-state index in [1.54, 1.807) is 26.6 Å². The van der Waals surface area contributed by atoms with E-state index in [0.717, 1.165) is 5.69 Å². The van der Waals surface area contributed by atoms with E-state index in [-0.39, 0.29) is 24.4 Å². The van der Waals surface area contributed by atoms with Crippen LogP contribution in [-0.4, -0.2) is 56.1 Å². The molecule has 0 saturated carbocycles. The summed E-state index contributed by atoms with van der Waals surface area (Å²) in [4.78, 5) is 28.3. The van der Waals surface area contributed by atoms with Gasteiger partial charge in [0.25, 0.3) is 0 Å². The number of anilines is 1. The summed E-state index contributed by atoms with van der Waals surface area (Å²) in [5.41, 5.74) is 0.798. The van der Waals surface area contributed by atoms with E-state index in [1.807, 2.05) is 19.1 Å². The number of tetrazole rings is 1. The van der Waals surface area contributed by atoms with Crippen molar-refractivity contribution < 1.29 is 9.59 Å². The zero-order chi connectivity index (χ0) is 17.8. The maximum Gasteiger partial charge on any atom is 0.246 e. The number of hydrogen-bond acceptors (Lipinski definition) is 5. The lowest BCUT2D eigenvalue weighted by Crippen LogP contribution is -2.57. The van der Waals surface area contributed by atoms with Crippen LogP contribution in [0.3, 0.4) is 0 Å². The van der Waals surface area contributed by atoms with E-state index in [2.05, 4.69) is 15.5 Å². The number of hydrogen-bond donors (Lipinski definition) is 0. The Labute approximate surface area is 150 Å². The van der Waals surface area contributed by atoms with Crippen LogP contribution >= 0.6 is 11.6 Å². The molecule has 0 bridgehead atoms. The second kappa shape index (κ2) is 7.60. The highest BCUT2D eigenvalue weighted by Crippen LogP contribution is 2.22. The van der Waals surface area contributed by atoms with Gasteiger partial charge in [-0.1, -0.05) is 11.6 Å². The Morgan fingerprint density at radius 2 is 2.08 bits per heavy atom. The SMILES string of the molecule is CC1CN(c2ccc(Cl)cc2)C(=O)CN1C(=O)CCCn1cnnn1. The van der Waals surface area contributed by atoms with Gasteiger partial charge in [0.1, 0.15) is 12.9 Å². The Morgan fingerprint density at radius 3 is 2.76 bits per heavy atom. The van der Waals surface area contributed by atoms with Crippen LogP contribution in [0.1, 0.15) is 19.8 Å². The molecule has 9 heteroatoms. The topological polar surface area (TPSA) is 84.2 Å². The van der Waals surface area contributed by atoms with Gasteiger partial charge >= 0.3 is 0 Å². The molecule has 132 valence electrons. The third kappa shape index (κ3) is 4.14. The first kappa shape index (κ1) is 17.3. The highest BCUT2D eigenvalue weighted by atomic mass is 35.5. The van der Waals surface area contributed by atoms with Gasteiger partial charge in [0.15, 0.2) is 0 Å². The predicted octanol–water partition coefficient (Wildman–Crippen LogP) is 1.37. The molecule has 1 aromatic heterocycles. The number of amides is 2. The second-order valence-electron chi connectivity index (χ2n) is 6.03. The van der Waals surface area contributed by atoms with E-state index in [9.17, 15) is 9.59 Å². The van der Waals surface area contributed by atoms with Crippen molar-refractivity contribution in [2.75, 3.05) is 18.0 Å². The third-order valence-corrected chi connectivity index (χ3v) is 4.47. The zero-order valence-electron chi connectivity index (χ0n) is 13.9. The largest absolute Gasteiger partial charge is 0.329 e. The van der Waals surface area contributed by atoms with E-state index in [1.165, 1.54) is 6.33 Å². The molecular formula is C16H19ClN6O2. The summed E-state index contributed by atoms with van der Waals surface area (Å²) >= 11 is 5.90. The van der Waals surface area contributed by atoms with Gasteiger partial charge in [0, 0.05) is 36.3 Å². The van der Waals surface area contributed by atoms with Crippen molar-refractivity contribution in [3.05, 3.63) is 35.6 Å². The Morgan fingerprint density at radius 1 is 1.32 bits per heavy atom. The molecule has 1 atom stereocenters. The van der Waals surface area contributed by atoms with Gasteiger partial charge < -0.3 is 9.80 Å². The average Bonchev–Trinajstić information content (AvgIpc) is 3.11. The van der Waals surface area contributed by atoms with E-state index in [4.69, 9.17) is 11.6 Å². The molecule has 1 aromatic carbocycles. The third-order valence-electron chi connectivity index (χ3n) is 4.21. The molecule has 0 N–H and O–H groups in total. The van der Waals surface area contributed by atoms with Crippen LogP contribution in [0.4, 0.5) is 5.69 Å². The maximum atomic E-state index is 12.5. The standard InChI is InChI=1S/C16H19ClN6O2/c1-12-9-23(14-6-4-13(17)5-7-14)16(25)10-22(12)15(24)3-2-8-21-11-18-19-20-21/h4-7,11-12H,2-3,8-10H2,1H3. The van der Waals surface area contributed by atoms with Crippen LogP contribution in [-0.2, 0) is 16.1 Å². The van der Waals surface area contributed by atoms with Gasteiger partial charge in [-0.3, -0.25) is 9.59 Å². The summed E-state index contributed by atoms with van der Waals surface area (Å²) in [5.74, 6) is -0.112.